The Kier molecular flexibility index (Phi) is 3.40. The number of oxime groups is 1. The third-order valence-corrected chi connectivity index (χ3v) is 1.35. The molecule has 3 nitrogen and oxygen atoms in total. The zero-order chi connectivity index (χ0) is 9.52. The summed E-state index contributed by atoms with van der Waals surface area (Å²) < 4.78 is 0. The largest absolute Gasteiger partial charge is 0.507 e. The molecule has 0 amide bonds. The van der Waals surface area contributed by atoms with Gasteiger partial charge in [-0.05, 0) is 12.1 Å². The second kappa shape index (κ2) is 4.83. The van der Waals surface area contributed by atoms with Crippen molar-refractivity contribution in [3.8, 4) is 18.1 Å². The molecule has 0 spiro atoms. The Morgan fingerprint density at radius 3 is 3.00 bits per heavy atom. The second-order valence-electron chi connectivity index (χ2n) is 2.27. The Bertz CT molecular complexity index is 339. The van der Waals surface area contributed by atoms with Crippen LogP contribution in [0.25, 0.3) is 0 Å². The lowest BCUT2D eigenvalue weighted by Gasteiger charge is -1.95. The van der Waals surface area contributed by atoms with Gasteiger partial charge >= 0.3 is 0 Å². The van der Waals surface area contributed by atoms with Crippen molar-refractivity contribution in [3.05, 3.63) is 29.8 Å². The molecular formula is C10H9NO2. The van der Waals surface area contributed by atoms with Gasteiger partial charge in [0.15, 0.2) is 6.61 Å². The third kappa shape index (κ3) is 2.88. The summed E-state index contributed by atoms with van der Waals surface area (Å²) in [5, 5.41) is 12.8. The Balaban J connectivity index is 2.59. The fraction of sp³-hybridized carbons (Fsp3) is 0.100. The molecule has 0 saturated heterocycles. The molecule has 1 aromatic rings. The number of hydrogen-bond donors (Lipinski definition) is 1. The molecule has 0 fully saturated rings. The van der Waals surface area contributed by atoms with Crippen LogP contribution >= 0.6 is 0 Å². The average Bonchev–Trinajstić information content (AvgIpc) is 2.15. The molecule has 1 N–H and O–H groups in total. The first-order valence-electron chi connectivity index (χ1n) is 3.71. The average molecular weight is 175 g/mol. The van der Waals surface area contributed by atoms with Crippen molar-refractivity contribution in [1.82, 2.24) is 0 Å². The van der Waals surface area contributed by atoms with Gasteiger partial charge in [-0.25, -0.2) is 0 Å². The summed E-state index contributed by atoms with van der Waals surface area (Å²) in [6.45, 7) is 0.129. The van der Waals surface area contributed by atoms with Crippen LogP contribution in [0.4, 0.5) is 0 Å². The highest BCUT2D eigenvalue weighted by Crippen LogP contribution is 2.12. The molecule has 1 rings (SSSR count). The molecule has 0 saturated carbocycles. The van der Waals surface area contributed by atoms with Gasteiger partial charge in [-0.15, -0.1) is 6.42 Å². The summed E-state index contributed by atoms with van der Waals surface area (Å²) in [5.41, 5.74) is 0.597. The van der Waals surface area contributed by atoms with E-state index < -0.39 is 0 Å². The van der Waals surface area contributed by atoms with Crippen LogP contribution in [-0.2, 0) is 4.84 Å². The molecule has 3 heteroatoms. The van der Waals surface area contributed by atoms with Gasteiger partial charge in [-0.2, -0.15) is 0 Å². The number of terminal acetylenes is 1. The first-order chi connectivity index (χ1) is 6.34. The molecule has 0 aliphatic rings. The fourth-order valence-corrected chi connectivity index (χ4v) is 0.765. The Morgan fingerprint density at radius 2 is 2.31 bits per heavy atom. The quantitative estimate of drug-likeness (QED) is 0.326. The molecule has 0 aliphatic heterocycles. The van der Waals surface area contributed by atoms with Crippen molar-refractivity contribution in [3.63, 3.8) is 0 Å². The van der Waals surface area contributed by atoms with Gasteiger partial charge in [0.05, 0.1) is 6.21 Å². The minimum Gasteiger partial charge on any atom is -0.507 e. The van der Waals surface area contributed by atoms with E-state index in [4.69, 9.17) is 6.42 Å². The smallest absolute Gasteiger partial charge is 0.177 e. The van der Waals surface area contributed by atoms with E-state index >= 15 is 0 Å². The molecule has 0 radical (unpaired) electrons. The van der Waals surface area contributed by atoms with Crippen molar-refractivity contribution >= 4 is 6.21 Å². The van der Waals surface area contributed by atoms with Crippen LogP contribution in [0.15, 0.2) is 29.4 Å². The number of phenolic OH excluding ortho intramolecular Hbond substituents is 1. The molecule has 0 aromatic heterocycles. The van der Waals surface area contributed by atoms with E-state index in [0.717, 1.165) is 0 Å². The number of nitrogens with zero attached hydrogens (tertiary/aromatic N) is 1. The van der Waals surface area contributed by atoms with Gasteiger partial charge in [0.2, 0.25) is 0 Å². The van der Waals surface area contributed by atoms with Gasteiger partial charge in [0.25, 0.3) is 0 Å². The highest BCUT2D eigenvalue weighted by atomic mass is 16.6. The standard InChI is InChI=1S/C10H9NO2/c1-2-7-13-11-8-9-5-3-4-6-10(9)12/h1,3-6,8,12H,7H2/b11-8+. The SMILES string of the molecule is C#CCO/N=C/c1ccccc1O. The maximum atomic E-state index is 9.28. The zero-order valence-electron chi connectivity index (χ0n) is 6.97. The van der Waals surface area contributed by atoms with E-state index in [-0.39, 0.29) is 12.4 Å². The topological polar surface area (TPSA) is 41.8 Å². The van der Waals surface area contributed by atoms with Gasteiger partial charge < -0.3 is 9.94 Å². The lowest BCUT2D eigenvalue weighted by atomic mass is 10.2. The number of phenols is 1. The first-order valence-corrected chi connectivity index (χ1v) is 3.71. The number of para-hydroxylation sites is 1. The van der Waals surface area contributed by atoms with E-state index in [1.165, 1.54) is 6.21 Å². The van der Waals surface area contributed by atoms with Gasteiger partial charge in [-0.1, -0.05) is 23.2 Å². The predicted molar refractivity (Wildman–Crippen MR) is 50.5 cm³/mol. The van der Waals surface area contributed by atoms with E-state index in [9.17, 15) is 5.11 Å². The van der Waals surface area contributed by atoms with Gasteiger partial charge in [-0.3, -0.25) is 0 Å². The fourth-order valence-electron chi connectivity index (χ4n) is 0.765. The summed E-state index contributed by atoms with van der Waals surface area (Å²) in [6.07, 6.45) is 6.35. The van der Waals surface area contributed by atoms with Crippen molar-refractivity contribution < 1.29 is 9.94 Å². The number of hydrogen-bond acceptors (Lipinski definition) is 3. The van der Waals surface area contributed by atoms with Crippen LogP contribution in [-0.4, -0.2) is 17.9 Å². The number of benzene rings is 1. The van der Waals surface area contributed by atoms with Crippen LogP contribution in [0.2, 0.25) is 0 Å². The molecule has 0 atom stereocenters. The monoisotopic (exact) mass is 175 g/mol. The van der Waals surface area contributed by atoms with E-state index in [1.807, 2.05) is 0 Å². The van der Waals surface area contributed by atoms with Crippen molar-refractivity contribution in [2.45, 2.75) is 0 Å². The molecule has 0 aliphatic carbocycles. The number of rotatable bonds is 3. The maximum absolute atomic E-state index is 9.28. The van der Waals surface area contributed by atoms with Gasteiger partial charge in [0.1, 0.15) is 5.75 Å². The first kappa shape index (κ1) is 9.14. The van der Waals surface area contributed by atoms with Crippen molar-refractivity contribution in [2.75, 3.05) is 6.61 Å². The zero-order valence-corrected chi connectivity index (χ0v) is 6.97. The summed E-state index contributed by atoms with van der Waals surface area (Å²) in [6, 6.07) is 6.82. The normalized spacial score (nSPS) is 9.77. The second-order valence-corrected chi connectivity index (χ2v) is 2.27. The molecule has 0 unspecified atom stereocenters. The van der Waals surface area contributed by atoms with Crippen molar-refractivity contribution in [1.29, 1.82) is 0 Å². The highest BCUT2D eigenvalue weighted by molar-refractivity contribution is 5.82. The molecule has 0 bridgehead atoms. The summed E-state index contributed by atoms with van der Waals surface area (Å²) >= 11 is 0. The molecule has 66 valence electrons. The molecule has 0 heterocycles. The lowest BCUT2D eigenvalue weighted by Crippen LogP contribution is -1.85. The summed E-state index contributed by atoms with van der Waals surface area (Å²) in [4.78, 5) is 4.66. The van der Waals surface area contributed by atoms with Crippen LogP contribution in [0.5, 0.6) is 5.75 Å². The van der Waals surface area contributed by atoms with Crippen LogP contribution in [0.1, 0.15) is 5.56 Å². The lowest BCUT2D eigenvalue weighted by molar-refractivity contribution is 0.181. The minimum absolute atomic E-state index is 0.129. The van der Waals surface area contributed by atoms with Crippen LogP contribution in [0.3, 0.4) is 0 Å². The van der Waals surface area contributed by atoms with E-state index in [0.29, 0.717) is 5.56 Å². The molecular weight excluding hydrogens is 166 g/mol. The Morgan fingerprint density at radius 1 is 1.54 bits per heavy atom. The molecule has 1 aromatic carbocycles. The molecule has 13 heavy (non-hydrogen) atoms. The third-order valence-electron chi connectivity index (χ3n) is 1.35. The minimum atomic E-state index is 0.129. The Labute approximate surface area is 76.6 Å². The summed E-state index contributed by atoms with van der Waals surface area (Å²) in [7, 11) is 0. The Hall–Kier alpha value is -1.95. The predicted octanol–water partition coefficient (Wildman–Crippen LogP) is 1.38. The van der Waals surface area contributed by atoms with Crippen LogP contribution in [0, 0.1) is 12.3 Å². The van der Waals surface area contributed by atoms with E-state index in [1.54, 1.807) is 24.3 Å². The number of aromatic hydroxyl groups is 1. The van der Waals surface area contributed by atoms with Crippen molar-refractivity contribution in [2.24, 2.45) is 5.16 Å². The highest BCUT2D eigenvalue weighted by Gasteiger charge is 1.93. The van der Waals surface area contributed by atoms with Crippen LogP contribution < -0.4 is 0 Å². The van der Waals surface area contributed by atoms with Gasteiger partial charge in [0, 0.05) is 5.56 Å². The van der Waals surface area contributed by atoms with E-state index in [2.05, 4.69) is 15.9 Å². The summed E-state index contributed by atoms with van der Waals surface area (Å²) in [5.74, 6) is 2.43. The maximum Gasteiger partial charge on any atom is 0.177 e.